The summed E-state index contributed by atoms with van der Waals surface area (Å²) in [5.74, 6) is 0.532. The first-order valence-corrected chi connectivity index (χ1v) is 13.3. The number of anilines is 1. The van der Waals surface area contributed by atoms with Crippen molar-refractivity contribution in [2.75, 3.05) is 11.1 Å². The minimum absolute atomic E-state index is 0.138. The minimum atomic E-state index is -0.496. The Morgan fingerprint density at radius 3 is 2.47 bits per heavy atom. The monoisotopic (exact) mass is 499 g/mol. The number of nitrogens with two attached hydrogens (primary N) is 1. The molecule has 0 bridgehead atoms. The molecule has 7 nitrogen and oxygen atoms in total. The molecule has 3 aromatic carbocycles. The lowest BCUT2D eigenvalue weighted by Crippen LogP contribution is -2.18. The van der Waals surface area contributed by atoms with Gasteiger partial charge in [-0.1, -0.05) is 73.5 Å². The van der Waals surface area contributed by atoms with Crippen LogP contribution >= 0.6 is 11.8 Å². The third kappa shape index (κ3) is 5.44. The topological polar surface area (TPSA) is 103 Å². The number of rotatable bonds is 8. The summed E-state index contributed by atoms with van der Waals surface area (Å²) in [6.45, 7) is 0. The van der Waals surface area contributed by atoms with Crippen LogP contribution in [0.5, 0.6) is 0 Å². The van der Waals surface area contributed by atoms with Gasteiger partial charge in [-0.05, 0) is 53.4 Å². The van der Waals surface area contributed by atoms with Crippen molar-refractivity contribution >= 4 is 40.0 Å². The van der Waals surface area contributed by atoms with Crippen LogP contribution in [0.1, 0.15) is 59.9 Å². The molecule has 3 N–H and O–H groups in total. The van der Waals surface area contributed by atoms with Crippen LogP contribution in [0, 0.1) is 0 Å². The zero-order chi connectivity index (χ0) is 24.9. The van der Waals surface area contributed by atoms with Crippen LogP contribution in [0.4, 0.5) is 5.69 Å². The maximum absolute atomic E-state index is 12.7. The van der Waals surface area contributed by atoms with Gasteiger partial charge in [0, 0.05) is 23.7 Å². The molecule has 0 saturated heterocycles. The summed E-state index contributed by atoms with van der Waals surface area (Å²) in [4.78, 5) is 23.9. The number of hydrogen-bond donors (Lipinski definition) is 2. The summed E-state index contributed by atoms with van der Waals surface area (Å²) in [5.41, 5.74) is 7.54. The molecule has 5 rings (SSSR count). The minimum Gasteiger partial charge on any atom is -0.366 e. The predicted molar refractivity (Wildman–Crippen MR) is 143 cm³/mol. The first-order chi connectivity index (χ1) is 17.6. The number of aromatic nitrogens is 3. The molecule has 0 spiro atoms. The van der Waals surface area contributed by atoms with Gasteiger partial charge in [-0.15, -0.1) is 10.2 Å². The Kier molecular flexibility index (Phi) is 7.32. The van der Waals surface area contributed by atoms with Gasteiger partial charge in [0.25, 0.3) is 0 Å². The van der Waals surface area contributed by atoms with Crippen molar-refractivity contribution in [1.82, 2.24) is 14.8 Å². The Labute approximate surface area is 214 Å². The molecular formula is C28H29N5O2S. The number of nitrogens with zero attached hydrogens (tertiary/aromatic N) is 3. The smallest absolute Gasteiger partial charge is 0.248 e. The lowest BCUT2D eigenvalue weighted by molar-refractivity contribution is -0.113. The van der Waals surface area contributed by atoms with Crippen molar-refractivity contribution in [2.45, 2.75) is 49.7 Å². The van der Waals surface area contributed by atoms with Crippen LogP contribution in [0.25, 0.3) is 10.8 Å². The second kappa shape index (κ2) is 11.0. The van der Waals surface area contributed by atoms with Gasteiger partial charge in [0.15, 0.2) is 5.16 Å². The van der Waals surface area contributed by atoms with E-state index >= 15 is 0 Å². The molecule has 1 aromatic heterocycles. The molecule has 0 aliphatic heterocycles. The molecule has 1 fully saturated rings. The Morgan fingerprint density at radius 2 is 1.69 bits per heavy atom. The number of thioether (sulfide) groups is 1. The highest BCUT2D eigenvalue weighted by molar-refractivity contribution is 7.99. The molecule has 2 amide bonds. The van der Waals surface area contributed by atoms with Gasteiger partial charge in [-0.25, -0.2) is 0 Å². The average molecular weight is 500 g/mol. The standard InChI is InChI=1S/C28H29N5O2S/c29-27(35)20-13-15-22(16-14-20)30-26(34)18-36-28-32-31-25(33(28)23-10-2-1-3-11-23)17-21-9-6-8-19-7-4-5-12-24(19)21/h4-9,12-16,23H,1-3,10-11,17-18H2,(H2,29,35)(H,30,34). The number of fused-ring (bicyclic) bond motifs is 1. The van der Waals surface area contributed by atoms with Crippen LogP contribution in [0.15, 0.2) is 71.9 Å². The summed E-state index contributed by atoms with van der Waals surface area (Å²) in [6, 6.07) is 21.7. The highest BCUT2D eigenvalue weighted by atomic mass is 32.2. The second-order valence-corrected chi connectivity index (χ2v) is 10.1. The molecule has 4 aromatic rings. The van der Waals surface area contributed by atoms with E-state index in [0.717, 1.165) is 23.8 Å². The van der Waals surface area contributed by atoms with Gasteiger partial charge in [0.2, 0.25) is 11.8 Å². The SMILES string of the molecule is NC(=O)c1ccc(NC(=O)CSc2nnc(Cc3cccc4ccccc34)n2C2CCCCC2)cc1. The van der Waals surface area contributed by atoms with Crippen molar-refractivity contribution < 1.29 is 9.59 Å². The van der Waals surface area contributed by atoms with Gasteiger partial charge in [0.05, 0.1) is 5.75 Å². The maximum Gasteiger partial charge on any atom is 0.248 e. The van der Waals surface area contributed by atoms with Crippen molar-refractivity contribution in [3.8, 4) is 0 Å². The van der Waals surface area contributed by atoms with Crippen LogP contribution in [0.2, 0.25) is 0 Å². The van der Waals surface area contributed by atoms with Crippen molar-refractivity contribution in [1.29, 1.82) is 0 Å². The predicted octanol–water partition coefficient (Wildman–Crippen LogP) is 5.36. The third-order valence-corrected chi connectivity index (χ3v) is 7.63. The zero-order valence-electron chi connectivity index (χ0n) is 20.0. The number of hydrogen-bond acceptors (Lipinski definition) is 5. The van der Waals surface area contributed by atoms with Crippen molar-refractivity contribution in [2.24, 2.45) is 5.73 Å². The Balaban J connectivity index is 1.34. The van der Waals surface area contributed by atoms with E-state index in [1.807, 2.05) is 0 Å². The van der Waals surface area contributed by atoms with E-state index in [-0.39, 0.29) is 11.7 Å². The molecule has 8 heteroatoms. The van der Waals surface area contributed by atoms with Gasteiger partial charge in [-0.3, -0.25) is 9.59 Å². The Hall–Kier alpha value is -3.65. The molecule has 1 saturated carbocycles. The van der Waals surface area contributed by atoms with Crippen LogP contribution in [-0.4, -0.2) is 32.3 Å². The summed E-state index contributed by atoms with van der Waals surface area (Å²) in [6.07, 6.45) is 6.56. The number of carbonyl (C=O) groups excluding carboxylic acids is 2. The number of amides is 2. The first kappa shape index (κ1) is 24.1. The van der Waals surface area contributed by atoms with E-state index in [1.54, 1.807) is 24.3 Å². The van der Waals surface area contributed by atoms with E-state index in [9.17, 15) is 9.59 Å². The summed E-state index contributed by atoms with van der Waals surface area (Å²) >= 11 is 1.41. The van der Waals surface area contributed by atoms with Crippen molar-refractivity contribution in [3.05, 3.63) is 83.7 Å². The Bertz CT molecular complexity index is 1370. The second-order valence-electron chi connectivity index (χ2n) is 9.15. The molecule has 0 radical (unpaired) electrons. The average Bonchev–Trinajstić information content (AvgIpc) is 3.31. The highest BCUT2D eigenvalue weighted by Crippen LogP contribution is 2.34. The van der Waals surface area contributed by atoms with E-state index in [4.69, 9.17) is 5.73 Å². The summed E-state index contributed by atoms with van der Waals surface area (Å²) in [5, 5.41) is 15.2. The maximum atomic E-state index is 12.7. The molecule has 36 heavy (non-hydrogen) atoms. The summed E-state index contributed by atoms with van der Waals surface area (Å²) in [7, 11) is 0. The van der Waals surface area contributed by atoms with Crippen molar-refractivity contribution in [3.63, 3.8) is 0 Å². The molecule has 0 atom stereocenters. The molecular weight excluding hydrogens is 470 g/mol. The fraction of sp³-hybridized carbons (Fsp3) is 0.286. The number of nitrogens with one attached hydrogen (secondary N) is 1. The Morgan fingerprint density at radius 1 is 0.944 bits per heavy atom. The fourth-order valence-corrected chi connectivity index (χ4v) is 5.72. The lowest BCUT2D eigenvalue weighted by Gasteiger charge is -2.25. The fourth-order valence-electron chi connectivity index (χ4n) is 4.89. The van der Waals surface area contributed by atoms with Gasteiger partial charge < -0.3 is 15.6 Å². The first-order valence-electron chi connectivity index (χ1n) is 12.3. The largest absolute Gasteiger partial charge is 0.366 e. The molecule has 1 heterocycles. The zero-order valence-corrected chi connectivity index (χ0v) is 20.8. The van der Waals surface area contributed by atoms with Crippen LogP contribution in [0.3, 0.4) is 0 Å². The molecule has 184 valence electrons. The number of carbonyl (C=O) groups is 2. The van der Waals surface area contributed by atoms with E-state index in [0.29, 0.717) is 23.7 Å². The molecule has 0 unspecified atom stereocenters. The number of primary amides is 1. The quantitative estimate of drug-likeness (QED) is 0.318. The van der Waals surface area contributed by atoms with Crippen LogP contribution in [-0.2, 0) is 11.2 Å². The lowest BCUT2D eigenvalue weighted by atomic mass is 9.95. The van der Waals surface area contributed by atoms with Gasteiger partial charge >= 0.3 is 0 Å². The van der Waals surface area contributed by atoms with E-state index < -0.39 is 5.91 Å². The highest BCUT2D eigenvalue weighted by Gasteiger charge is 2.24. The van der Waals surface area contributed by atoms with E-state index in [1.165, 1.54) is 47.4 Å². The third-order valence-electron chi connectivity index (χ3n) is 6.69. The number of benzene rings is 3. The summed E-state index contributed by atoms with van der Waals surface area (Å²) < 4.78 is 2.28. The van der Waals surface area contributed by atoms with E-state index in [2.05, 4.69) is 62.5 Å². The van der Waals surface area contributed by atoms with Crippen LogP contribution < -0.4 is 11.1 Å². The molecule has 1 aliphatic carbocycles. The normalized spacial score (nSPS) is 14.1. The molecule has 1 aliphatic rings. The van der Waals surface area contributed by atoms with Gasteiger partial charge in [-0.2, -0.15) is 0 Å². The van der Waals surface area contributed by atoms with Gasteiger partial charge in [0.1, 0.15) is 5.82 Å².